The van der Waals surface area contributed by atoms with Crippen molar-refractivity contribution in [1.29, 1.82) is 0 Å². The summed E-state index contributed by atoms with van der Waals surface area (Å²) >= 11 is 0. The number of rotatable bonds is 6. The number of esters is 1. The van der Waals surface area contributed by atoms with Crippen LogP contribution >= 0.6 is 0 Å². The Hall–Kier alpha value is -1.87. The van der Waals surface area contributed by atoms with Crippen LogP contribution in [0.1, 0.15) is 23.7 Å². The Morgan fingerprint density at radius 1 is 1.44 bits per heavy atom. The topological polar surface area (TPSA) is 52.3 Å². The van der Waals surface area contributed by atoms with E-state index in [1.165, 1.54) is 0 Å². The third-order valence-electron chi connectivity index (χ3n) is 2.63. The Morgan fingerprint density at radius 2 is 2.11 bits per heavy atom. The first kappa shape index (κ1) is 14.2. The molecular weight excluding hydrogens is 226 g/mol. The predicted molar refractivity (Wildman–Crippen MR) is 73.3 cm³/mol. The second-order valence-corrected chi connectivity index (χ2v) is 4.04. The fourth-order valence-corrected chi connectivity index (χ4v) is 1.42. The summed E-state index contributed by atoms with van der Waals surface area (Å²) in [5.74, 6) is -0.322. The molecule has 1 atom stereocenters. The SMILES string of the molecule is C=CCC(N)C(C)=CCOC(=O)c1ccccc1. The van der Waals surface area contributed by atoms with Gasteiger partial charge in [-0.15, -0.1) is 6.58 Å². The Kier molecular flexibility index (Phi) is 5.88. The molecule has 2 N–H and O–H groups in total. The number of benzene rings is 1. The van der Waals surface area contributed by atoms with Crippen LogP contribution in [0.3, 0.4) is 0 Å². The first-order valence-electron chi connectivity index (χ1n) is 5.90. The number of nitrogens with two attached hydrogens (primary N) is 1. The number of hydrogen-bond acceptors (Lipinski definition) is 3. The van der Waals surface area contributed by atoms with Crippen molar-refractivity contribution in [3.8, 4) is 0 Å². The third kappa shape index (κ3) is 4.55. The molecule has 96 valence electrons. The lowest BCUT2D eigenvalue weighted by atomic mass is 10.1. The van der Waals surface area contributed by atoms with Gasteiger partial charge in [0.1, 0.15) is 6.61 Å². The lowest BCUT2D eigenvalue weighted by Crippen LogP contribution is -2.20. The van der Waals surface area contributed by atoms with Crippen LogP contribution in [0.2, 0.25) is 0 Å². The van der Waals surface area contributed by atoms with E-state index in [0.29, 0.717) is 5.56 Å². The lowest BCUT2D eigenvalue weighted by Gasteiger charge is -2.09. The molecular formula is C15H19NO2. The molecule has 0 saturated heterocycles. The van der Waals surface area contributed by atoms with Gasteiger partial charge in [0.2, 0.25) is 0 Å². The molecule has 3 heteroatoms. The van der Waals surface area contributed by atoms with E-state index in [9.17, 15) is 4.79 Å². The molecule has 1 aromatic rings. The standard InChI is InChI=1S/C15H19NO2/c1-3-7-14(16)12(2)10-11-18-15(17)13-8-5-4-6-9-13/h3-6,8-10,14H,1,7,11,16H2,2H3. The smallest absolute Gasteiger partial charge is 0.338 e. The number of carbonyl (C=O) groups is 1. The monoisotopic (exact) mass is 245 g/mol. The van der Waals surface area contributed by atoms with Crippen LogP contribution in [0.25, 0.3) is 0 Å². The Morgan fingerprint density at radius 3 is 2.72 bits per heavy atom. The van der Waals surface area contributed by atoms with Crippen molar-refractivity contribution in [2.45, 2.75) is 19.4 Å². The Balaban J connectivity index is 2.44. The lowest BCUT2D eigenvalue weighted by molar-refractivity contribution is 0.0548. The maximum Gasteiger partial charge on any atom is 0.338 e. The number of ether oxygens (including phenoxy) is 1. The normalized spacial score (nSPS) is 12.9. The van der Waals surface area contributed by atoms with Gasteiger partial charge in [0, 0.05) is 6.04 Å². The van der Waals surface area contributed by atoms with Crippen molar-refractivity contribution in [1.82, 2.24) is 0 Å². The summed E-state index contributed by atoms with van der Waals surface area (Å²) in [4.78, 5) is 11.6. The molecule has 0 aliphatic rings. The van der Waals surface area contributed by atoms with Crippen LogP contribution in [0.5, 0.6) is 0 Å². The van der Waals surface area contributed by atoms with E-state index in [2.05, 4.69) is 6.58 Å². The molecule has 0 heterocycles. The van der Waals surface area contributed by atoms with Gasteiger partial charge in [-0.05, 0) is 31.6 Å². The van der Waals surface area contributed by atoms with Crippen LogP contribution in [-0.4, -0.2) is 18.6 Å². The van der Waals surface area contributed by atoms with Gasteiger partial charge in [0.05, 0.1) is 5.56 Å². The van der Waals surface area contributed by atoms with Crippen LogP contribution in [0.15, 0.2) is 54.6 Å². The van der Waals surface area contributed by atoms with Crippen molar-refractivity contribution in [2.75, 3.05) is 6.61 Å². The zero-order chi connectivity index (χ0) is 13.4. The summed E-state index contributed by atoms with van der Waals surface area (Å²) in [6.45, 7) is 5.80. The second kappa shape index (κ2) is 7.45. The Bertz CT molecular complexity index is 423. The van der Waals surface area contributed by atoms with Gasteiger partial charge in [0.25, 0.3) is 0 Å². The highest BCUT2D eigenvalue weighted by Gasteiger charge is 2.05. The van der Waals surface area contributed by atoms with Gasteiger partial charge in [-0.1, -0.05) is 29.8 Å². The summed E-state index contributed by atoms with van der Waals surface area (Å²) in [6.07, 6.45) is 4.32. The molecule has 0 saturated carbocycles. The highest BCUT2D eigenvalue weighted by Crippen LogP contribution is 2.05. The second-order valence-electron chi connectivity index (χ2n) is 4.04. The summed E-state index contributed by atoms with van der Waals surface area (Å²) in [7, 11) is 0. The molecule has 0 bridgehead atoms. The highest BCUT2D eigenvalue weighted by molar-refractivity contribution is 5.89. The van der Waals surface area contributed by atoms with Crippen molar-refractivity contribution in [3.63, 3.8) is 0 Å². The van der Waals surface area contributed by atoms with Gasteiger partial charge in [-0.2, -0.15) is 0 Å². The molecule has 0 aromatic heterocycles. The summed E-state index contributed by atoms with van der Waals surface area (Å²) < 4.78 is 5.13. The van der Waals surface area contributed by atoms with Crippen molar-refractivity contribution in [3.05, 3.63) is 60.2 Å². The molecule has 0 aliphatic heterocycles. The van der Waals surface area contributed by atoms with Crippen LogP contribution in [0, 0.1) is 0 Å². The number of carbonyl (C=O) groups excluding carboxylic acids is 1. The van der Waals surface area contributed by atoms with Crippen LogP contribution < -0.4 is 5.73 Å². The quantitative estimate of drug-likeness (QED) is 0.619. The maximum absolute atomic E-state index is 11.6. The average Bonchev–Trinajstić information content (AvgIpc) is 2.39. The minimum Gasteiger partial charge on any atom is -0.458 e. The van der Waals surface area contributed by atoms with Gasteiger partial charge >= 0.3 is 5.97 Å². The molecule has 3 nitrogen and oxygen atoms in total. The van der Waals surface area contributed by atoms with Gasteiger partial charge < -0.3 is 10.5 Å². The van der Waals surface area contributed by atoms with Crippen LogP contribution in [0.4, 0.5) is 0 Å². The summed E-state index contributed by atoms with van der Waals surface area (Å²) in [5, 5.41) is 0. The summed E-state index contributed by atoms with van der Waals surface area (Å²) in [5.41, 5.74) is 7.43. The van der Waals surface area contributed by atoms with E-state index >= 15 is 0 Å². The molecule has 1 aromatic carbocycles. The van der Waals surface area contributed by atoms with Crippen molar-refractivity contribution >= 4 is 5.97 Å². The van der Waals surface area contributed by atoms with Crippen molar-refractivity contribution < 1.29 is 9.53 Å². The van der Waals surface area contributed by atoms with Crippen molar-refractivity contribution in [2.24, 2.45) is 5.73 Å². The molecule has 0 fully saturated rings. The van der Waals surface area contributed by atoms with E-state index in [1.807, 2.05) is 19.1 Å². The Labute approximate surface area is 108 Å². The average molecular weight is 245 g/mol. The minimum atomic E-state index is -0.322. The number of hydrogen-bond donors (Lipinski definition) is 1. The molecule has 18 heavy (non-hydrogen) atoms. The van der Waals surface area contributed by atoms with Crippen LogP contribution in [-0.2, 0) is 4.74 Å². The molecule has 1 rings (SSSR count). The molecule has 0 aliphatic carbocycles. The third-order valence-corrected chi connectivity index (χ3v) is 2.63. The maximum atomic E-state index is 11.6. The highest BCUT2D eigenvalue weighted by atomic mass is 16.5. The van der Waals surface area contributed by atoms with Gasteiger partial charge in [-0.25, -0.2) is 4.79 Å². The van der Waals surface area contributed by atoms with E-state index in [-0.39, 0.29) is 18.6 Å². The fourth-order valence-electron chi connectivity index (χ4n) is 1.42. The first-order chi connectivity index (χ1) is 8.65. The molecule has 1 unspecified atom stereocenters. The molecule has 0 radical (unpaired) electrons. The predicted octanol–water partition coefficient (Wildman–Crippen LogP) is 2.69. The molecule has 0 spiro atoms. The molecule has 0 amide bonds. The largest absolute Gasteiger partial charge is 0.458 e. The zero-order valence-corrected chi connectivity index (χ0v) is 10.6. The van der Waals surface area contributed by atoms with Gasteiger partial charge in [0.15, 0.2) is 0 Å². The first-order valence-corrected chi connectivity index (χ1v) is 5.90. The van der Waals surface area contributed by atoms with E-state index < -0.39 is 0 Å². The van der Waals surface area contributed by atoms with E-state index in [0.717, 1.165) is 12.0 Å². The van der Waals surface area contributed by atoms with E-state index in [1.54, 1.807) is 30.3 Å². The fraction of sp³-hybridized carbons (Fsp3) is 0.267. The summed E-state index contributed by atoms with van der Waals surface area (Å²) in [6, 6.07) is 8.85. The van der Waals surface area contributed by atoms with E-state index in [4.69, 9.17) is 10.5 Å². The minimum absolute atomic E-state index is 0.0575. The van der Waals surface area contributed by atoms with Gasteiger partial charge in [-0.3, -0.25) is 0 Å². The zero-order valence-electron chi connectivity index (χ0n) is 10.6.